The zero-order chi connectivity index (χ0) is 14.3. The van der Waals surface area contributed by atoms with Gasteiger partial charge in [-0.05, 0) is 24.6 Å². The topological polar surface area (TPSA) is 73.6 Å². The van der Waals surface area contributed by atoms with Crippen LogP contribution in [0, 0.1) is 0 Å². The summed E-state index contributed by atoms with van der Waals surface area (Å²) in [6.07, 6.45) is 1.82. The number of ether oxygens (including phenoxy) is 2. The minimum atomic E-state index is -0.389. The van der Waals surface area contributed by atoms with Crippen molar-refractivity contribution >= 4 is 11.5 Å². The van der Waals surface area contributed by atoms with Gasteiger partial charge in [0.25, 0.3) is 0 Å². The molecule has 19 heavy (non-hydrogen) atoms. The van der Waals surface area contributed by atoms with E-state index in [2.05, 4.69) is 5.32 Å². The number of nitrogens with two attached hydrogens (primary N) is 1. The third-order valence-electron chi connectivity index (χ3n) is 2.59. The van der Waals surface area contributed by atoms with E-state index in [1.54, 1.807) is 19.2 Å². The molecule has 5 heteroatoms. The van der Waals surface area contributed by atoms with Crippen molar-refractivity contribution in [2.45, 2.75) is 6.92 Å². The van der Waals surface area contributed by atoms with Gasteiger partial charge < -0.3 is 20.5 Å². The predicted molar refractivity (Wildman–Crippen MR) is 75.0 cm³/mol. The minimum absolute atomic E-state index is 0.373. The first-order valence-electron chi connectivity index (χ1n) is 6.09. The molecule has 0 saturated heterocycles. The van der Waals surface area contributed by atoms with Crippen LogP contribution in [0.2, 0.25) is 0 Å². The first-order valence-corrected chi connectivity index (χ1v) is 6.09. The number of methoxy groups -OCH3 is 1. The van der Waals surface area contributed by atoms with Crippen LogP contribution in [-0.2, 0) is 4.74 Å². The van der Waals surface area contributed by atoms with Crippen LogP contribution in [0.15, 0.2) is 24.4 Å². The van der Waals surface area contributed by atoms with E-state index < -0.39 is 0 Å². The van der Waals surface area contributed by atoms with Crippen LogP contribution in [0.4, 0.5) is 0 Å². The molecule has 1 aromatic carbocycles. The molecule has 0 atom stereocenters. The van der Waals surface area contributed by atoms with Crippen molar-refractivity contribution in [3.63, 3.8) is 0 Å². The second-order valence-corrected chi connectivity index (χ2v) is 3.80. The zero-order valence-electron chi connectivity index (χ0n) is 11.5. The van der Waals surface area contributed by atoms with E-state index in [1.807, 2.05) is 19.2 Å². The van der Waals surface area contributed by atoms with Gasteiger partial charge in [-0.15, -0.1) is 0 Å². The summed E-state index contributed by atoms with van der Waals surface area (Å²) in [7, 11) is 3.15. The molecule has 0 fully saturated rings. The lowest BCUT2D eigenvalue weighted by Gasteiger charge is -2.13. The van der Waals surface area contributed by atoms with E-state index in [9.17, 15) is 4.79 Å². The van der Waals surface area contributed by atoms with Gasteiger partial charge in [0.2, 0.25) is 0 Å². The highest BCUT2D eigenvalue weighted by molar-refractivity contribution is 5.90. The van der Waals surface area contributed by atoms with Crippen LogP contribution < -0.4 is 15.8 Å². The molecule has 0 aliphatic rings. The van der Waals surface area contributed by atoms with Crippen molar-refractivity contribution < 1.29 is 14.3 Å². The third-order valence-corrected chi connectivity index (χ3v) is 2.59. The standard InChI is InChI=1S/C14H20N2O3/c1-4-19-13-7-10(14(17)18-3)5-6-12(13)11(8-15)9-16-2/h5-7,9,16H,4,8,15H2,1-3H3/b11-9+. The molecule has 0 radical (unpaired) electrons. The largest absolute Gasteiger partial charge is 0.493 e. The number of benzene rings is 1. The van der Waals surface area contributed by atoms with Crippen molar-refractivity contribution in [2.75, 3.05) is 27.3 Å². The van der Waals surface area contributed by atoms with Crippen molar-refractivity contribution in [3.05, 3.63) is 35.5 Å². The summed E-state index contributed by atoms with van der Waals surface area (Å²) in [5, 5.41) is 2.95. The molecule has 1 rings (SSSR count). The Bertz CT molecular complexity index is 470. The summed E-state index contributed by atoms with van der Waals surface area (Å²) in [6.45, 7) is 2.77. The molecule has 0 unspecified atom stereocenters. The molecule has 1 aromatic rings. The number of hydrogen-bond donors (Lipinski definition) is 2. The summed E-state index contributed by atoms with van der Waals surface area (Å²) < 4.78 is 10.3. The van der Waals surface area contributed by atoms with Gasteiger partial charge in [0, 0.05) is 25.4 Å². The number of nitrogens with one attached hydrogen (secondary N) is 1. The summed E-state index contributed by atoms with van der Waals surface area (Å²) in [6, 6.07) is 5.18. The molecule has 0 aliphatic carbocycles. The average Bonchev–Trinajstić information content (AvgIpc) is 2.44. The summed E-state index contributed by atoms with van der Waals surface area (Å²) in [5.41, 5.74) is 7.95. The molecule has 0 aliphatic heterocycles. The molecule has 0 aromatic heterocycles. The van der Waals surface area contributed by atoms with Gasteiger partial charge in [-0.2, -0.15) is 0 Å². The third kappa shape index (κ3) is 3.72. The monoisotopic (exact) mass is 264 g/mol. The quantitative estimate of drug-likeness (QED) is 0.760. The van der Waals surface area contributed by atoms with E-state index >= 15 is 0 Å². The van der Waals surface area contributed by atoms with Crippen LogP contribution >= 0.6 is 0 Å². The SMILES string of the molecule is CCOc1cc(C(=O)OC)ccc1/C(=C/NC)CN. The van der Waals surface area contributed by atoms with E-state index in [0.29, 0.717) is 24.5 Å². The Morgan fingerprint density at radius 2 is 2.21 bits per heavy atom. The number of hydrogen-bond acceptors (Lipinski definition) is 5. The lowest BCUT2D eigenvalue weighted by molar-refractivity contribution is 0.0600. The lowest BCUT2D eigenvalue weighted by Crippen LogP contribution is -2.09. The van der Waals surface area contributed by atoms with E-state index in [-0.39, 0.29) is 5.97 Å². The summed E-state index contributed by atoms with van der Waals surface area (Å²) in [5.74, 6) is 0.233. The fourth-order valence-electron chi connectivity index (χ4n) is 1.73. The van der Waals surface area contributed by atoms with Crippen LogP contribution in [0.5, 0.6) is 5.75 Å². The minimum Gasteiger partial charge on any atom is -0.493 e. The fourth-order valence-corrected chi connectivity index (χ4v) is 1.73. The molecule has 0 bridgehead atoms. The Labute approximate surface area is 113 Å². The number of carbonyl (C=O) groups excluding carboxylic acids is 1. The average molecular weight is 264 g/mol. The molecule has 0 amide bonds. The van der Waals surface area contributed by atoms with Crippen LogP contribution in [0.1, 0.15) is 22.8 Å². The molecule has 0 heterocycles. The maximum absolute atomic E-state index is 11.5. The fraction of sp³-hybridized carbons (Fsp3) is 0.357. The second-order valence-electron chi connectivity index (χ2n) is 3.80. The van der Waals surface area contributed by atoms with E-state index in [1.165, 1.54) is 7.11 Å². The maximum Gasteiger partial charge on any atom is 0.337 e. The van der Waals surface area contributed by atoms with Crippen molar-refractivity contribution in [2.24, 2.45) is 5.73 Å². The van der Waals surface area contributed by atoms with Crippen molar-refractivity contribution in [3.8, 4) is 5.75 Å². The Kier molecular flexibility index (Phi) is 5.89. The number of rotatable bonds is 6. The van der Waals surface area contributed by atoms with E-state index in [4.69, 9.17) is 15.2 Å². The first kappa shape index (κ1) is 15.0. The number of esters is 1. The highest BCUT2D eigenvalue weighted by Gasteiger charge is 2.13. The van der Waals surface area contributed by atoms with Gasteiger partial charge in [-0.3, -0.25) is 0 Å². The predicted octanol–water partition coefficient (Wildman–Crippen LogP) is 1.39. The molecule has 0 saturated carbocycles. The highest BCUT2D eigenvalue weighted by atomic mass is 16.5. The molecular formula is C14H20N2O3. The second kappa shape index (κ2) is 7.43. The molecule has 5 nitrogen and oxygen atoms in total. The summed E-state index contributed by atoms with van der Waals surface area (Å²) in [4.78, 5) is 11.5. The molecule has 0 spiro atoms. The Morgan fingerprint density at radius 1 is 1.47 bits per heavy atom. The molecule has 3 N–H and O–H groups in total. The van der Waals surface area contributed by atoms with Gasteiger partial charge in [-0.1, -0.05) is 6.07 Å². The van der Waals surface area contributed by atoms with Gasteiger partial charge in [0.1, 0.15) is 5.75 Å². The summed E-state index contributed by atoms with van der Waals surface area (Å²) >= 11 is 0. The normalized spacial score (nSPS) is 11.1. The van der Waals surface area contributed by atoms with Crippen LogP contribution in [0.25, 0.3) is 5.57 Å². The van der Waals surface area contributed by atoms with Gasteiger partial charge in [0.05, 0.1) is 19.3 Å². The van der Waals surface area contributed by atoms with Crippen LogP contribution in [0.3, 0.4) is 0 Å². The Balaban J connectivity index is 3.24. The van der Waals surface area contributed by atoms with Crippen molar-refractivity contribution in [1.29, 1.82) is 0 Å². The van der Waals surface area contributed by atoms with Gasteiger partial charge in [0.15, 0.2) is 0 Å². The number of carbonyl (C=O) groups is 1. The van der Waals surface area contributed by atoms with Crippen LogP contribution in [-0.4, -0.2) is 33.3 Å². The molecule has 104 valence electrons. The van der Waals surface area contributed by atoms with E-state index in [0.717, 1.165) is 11.1 Å². The Hall–Kier alpha value is -2.01. The lowest BCUT2D eigenvalue weighted by atomic mass is 10.0. The molecular weight excluding hydrogens is 244 g/mol. The van der Waals surface area contributed by atoms with Crippen molar-refractivity contribution in [1.82, 2.24) is 5.32 Å². The van der Waals surface area contributed by atoms with Gasteiger partial charge >= 0.3 is 5.97 Å². The van der Waals surface area contributed by atoms with Gasteiger partial charge in [-0.25, -0.2) is 4.79 Å². The Morgan fingerprint density at radius 3 is 2.74 bits per heavy atom. The first-order chi connectivity index (χ1) is 9.17. The zero-order valence-corrected chi connectivity index (χ0v) is 11.5. The smallest absolute Gasteiger partial charge is 0.337 e. The highest BCUT2D eigenvalue weighted by Crippen LogP contribution is 2.27. The maximum atomic E-state index is 11.5.